The molecule has 4 N–H and O–H groups in total. The fourth-order valence-electron chi connectivity index (χ4n) is 3.01. The molecule has 3 aromatic carbocycles. The minimum absolute atomic E-state index is 0.0373. The zero-order valence-corrected chi connectivity index (χ0v) is 19.1. The quantitative estimate of drug-likeness (QED) is 0.227. The van der Waals surface area contributed by atoms with Crippen molar-refractivity contribution in [3.05, 3.63) is 84.4 Å². The van der Waals surface area contributed by atoms with E-state index in [-0.39, 0.29) is 12.3 Å². The summed E-state index contributed by atoms with van der Waals surface area (Å²) in [5.74, 6) is -2.05. The van der Waals surface area contributed by atoms with Crippen LogP contribution in [0.15, 0.2) is 84.0 Å². The highest BCUT2D eigenvalue weighted by Crippen LogP contribution is 2.18. The summed E-state index contributed by atoms with van der Waals surface area (Å²) in [4.78, 5) is 36.3. The van der Waals surface area contributed by atoms with E-state index in [0.29, 0.717) is 17.1 Å². The Kier molecular flexibility index (Phi) is 8.51. The van der Waals surface area contributed by atoms with Crippen molar-refractivity contribution in [1.82, 2.24) is 5.43 Å². The standard InChI is InChI=1S/C26H27N5O3/c1-3-19-9-11-23(12-10-19)29-25(33)26(34)31-30-18(2)17-24(32)28-22-15-13-21(14-16-22)27-20-7-5-4-6-8-20/h4-16,27H,3,17H2,1-2H3,(H,28,32)(H,29,33)(H,31,34). The van der Waals surface area contributed by atoms with Crippen LogP contribution in [0.25, 0.3) is 0 Å². The number of hydrogen-bond donors (Lipinski definition) is 4. The van der Waals surface area contributed by atoms with Crippen molar-refractivity contribution in [1.29, 1.82) is 0 Å². The number of rotatable bonds is 8. The maximum absolute atomic E-state index is 12.3. The van der Waals surface area contributed by atoms with Gasteiger partial charge in [-0.25, -0.2) is 5.43 Å². The van der Waals surface area contributed by atoms with Gasteiger partial charge in [-0.1, -0.05) is 37.3 Å². The lowest BCUT2D eigenvalue weighted by atomic mass is 10.1. The van der Waals surface area contributed by atoms with Crippen LogP contribution in [0.4, 0.5) is 22.7 Å². The molecule has 0 aromatic heterocycles. The Morgan fingerprint density at radius 1 is 0.706 bits per heavy atom. The van der Waals surface area contributed by atoms with Gasteiger partial charge < -0.3 is 16.0 Å². The van der Waals surface area contributed by atoms with E-state index in [1.807, 2.05) is 61.5 Å². The van der Waals surface area contributed by atoms with E-state index in [1.54, 1.807) is 31.2 Å². The molecule has 8 nitrogen and oxygen atoms in total. The molecule has 8 heteroatoms. The SMILES string of the molecule is CCc1ccc(NC(=O)C(=O)NN=C(C)CC(=O)Nc2ccc(Nc3ccccc3)cc2)cc1. The van der Waals surface area contributed by atoms with Crippen molar-refractivity contribution >= 4 is 46.2 Å². The van der Waals surface area contributed by atoms with Gasteiger partial charge in [-0.15, -0.1) is 0 Å². The molecule has 0 aliphatic heterocycles. The van der Waals surface area contributed by atoms with E-state index >= 15 is 0 Å². The van der Waals surface area contributed by atoms with Crippen LogP contribution in [0.1, 0.15) is 25.8 Å². The van der Waals surface area contributed by atoms with Gasteiger partial charge in [0.1, 0.15) is 0 Å². The number of para-hydroxylation sites is 1. The number of nitrogens with one attached hydrogen (secondary N) is 4. The monoisotopic (exact) mass is 457 g/mol. The zero-order valence-electron chi connectivity index (χ0n) is 19.1. The Bertz CT molecular complexity index is 1160. The lowest BCUT2D eigenvalue weighted by Gasteiger charge is -2.09. The molecule has 0 saturated heterocycles. The number of carbonyl (C=O) groups is 3. The number of benzene rings is 3. The normalized spacial score (nSPS) is 10.8. The van der Waals surface area contributed by atoms with Crippen LogP contribution in [0, 0.1) is 0 Å². The van der Waals surface area contributed by atoms with Crippen LogP contribution in [-0.4, -0.2) is 23.4 Å². The molecule has 0 spiro atoms. The lowest BCUT2D eigenvalue weighted by Crippen LogP contribution is -2.33. The molecule has 0 aliphatic rings. The predicted molar refractivity (Wildman–Crippen MR) is 135 cm³/mol. The second-order valence-electron chi connectivity index (χ2n) is 7.59. The molecule has 3 amide bonds. The van der Waals surface area contributed by atoms with Gasteiger partial charge in [0.25, 0.3) is 0 Å². The van der Waals surface area contributed by atoms with Crippen molar-refractivity contribution in [2.45, 2.75) is 26.7 Å². The highest BCUT2D eigenvalue weighted by molar-refractivity contribution is 6.39. The molecule has 0 atom stereocenters. The van der Waals surface area contributed by atoms with Crippen LogP contribution in [0.5, 0.6) is 0 Å². The molecule has 3 aromatic rings. The van der Waals surface area contributed by atoms with Gasteiger partial charge in [-0.2, -0.15) is 5.10 Å². The maximum Gasteiger partial charge on any atom is 0.329 e. The third kappa shape index (κ3) is 7.59. The van der Waals surface area contributed by atoms with E-state index in [4.69, 9.17) is 0 Å². The molecule has 0 fully saturated rings. The molecule has 174 valence electrons. The van der Waals surface area contributed by atoms with Gasteiger partial charge in [0, 0.05) is 28.5 Å². The highest BCUT2D eigenvalue weighted by atomic mass is 16.2. The third-order valence-corrected chi connectivity index (χ3v) is 4.82. The topological polar surface area (TPSA) is 112 Å². The molecular formula is C26H27N5O3. The van der Waals surface area contributed by atoms with Crippen LogP contribution >= 0.6 is 0 Å². The summed E-state index contributed by atoms with van der Waals surface area (Å²) in [7, 11) is 0. The average Bonchev–Trinajstić information content (AvgIpc) is 2.84. The Balaban J connectivity index is 1.44. The first-order valence-electron chi connectivity index (χ1n) is 10.9. The first kappa shape index (κ1) is 24.2. The number of amides is 3. The summed E-state index contributed by atoms with van der Waals surface area (Å²) >= 11 is 0. The molecule has 0 saturated carbocycles. The van der Waals surface area contributed by atoms with Crippen molar-refractivity contribution in [3.63, 3.8) is 0 Å². The zero-order chi connectivity index (χ0) is 24.3. The van der Waals surface area contributed by atoms with Crippen LogP contribution in [0.3, 0.4) is 0 Å². The predicted octanol–water partition coefficient (Wildman–Crippen LogP) is 4.45. The van der Waals surface area contributed by atoms with Crippen molar-refractivity contribution in [3.8, 4) is 0 Å². The second-order valence-corrected chi connectivity index (χ2v) is 7.59. The average molecular weight is 458 g/mol. The summed E-state index contributed by atoms with van der Waals surface area (Å²) in [6, 6.07) is 24.3. The molecule has 34 heavy (non-hydrogen) atoms. The van der Waals surface area contributed by atoms with Gasteiger partial charge >= 0.3 is 11.8 Å². The first-order chi connectivity index (χ1) is 16.4. The molecule has 3 rings (SSSR count). The maximum atomic E-state index is 12.3. The number of anilines is 4. The van der Waals surface area contributed by atoms with Gasteiger partial charge in [0.15, 0.2) is 0 Å². The number of carbonyl (C=O) groups excluding carboxylic acids is 3. The smallest absolute Gasteiger partial charge is 0.329 e. The summed E-state index contributed by atoms with van der Waals surface area (Å²) in [6.45, 7) is 3.62. The largest absolute Gasteiger partial charge is 0.356 e. The summed E-state index contributed by atoms with van der Waals surface area (Å²) in [5.41, 5.74) is 6.67. The minimum atomic E-state index is -0.916. The van der Waals surface area contributed by atoms with Gasteiger partial charge in [0.2, 0.25) is 5.91 Å². The summed E-state index contributed by atoms with van der Waals surface area (Å²) in [6.07, 6.45) is 0.845. The van der Waals surface area contributed by atoms with Crippen LogP contribution < -0.4 is 21.4 Å². The number of nitrogens with zero attached hydrogens (tertiary/aromatic N) is 1. The summed E-state index contributed by atoms with van der Waals surface area (Å²) in [5, 5.41) is 12.4. The van der Waals surface area contributed by atoms with E-state index in [0.717, 1.165) is 23.4 Å². The first-order valence-corrected chi connectivity index (χ1v) is 10.9. The minimum Gasteiger partial charge on any atom is -0.356 e. The van der Waals surface area contributed by atoms with Gasteiger partial charge in [-0.05, 0) is 67.4 Å². The highest BCUT2D eigenvalue weighted by Gasteiger charge is 2.13. The van der Waals surface area contributed by atoms with E-state index in [9.17, 15) is 14.4 Å². The fourth-order valence-corrected chi connectivity index (χ4v) is 3.01. The van der Waals surface area contributed by atoms with Crippen molar-refractivity contribution in [2.75, 3.05) is 16.0 Å². The Hall–Kier alpha value is -4.46. The van der Waals surface area contributed by atoms with E-state index < -0.39 is 11.8 Å². The molecular weight excluding hydrogens is 430 g/mol. The van der Waals surface area contributed by atoms with E-state index in [1.165, 1.54) is 0 Å². The number of aryl methyl sites for hydroxylation is 1. The third-order valence-electron chi connectivity index (χ3n) is 4.82. The Labute approximate surface area is 198 Å². The van der Waals surface area contributed by atoms with E-state index in [2.05, 4.69) is 26.5 Å². The number of hydrogen-bond acceptors (Lipinski definition) is 5. The van der Waals surface area contributed by atoms with Gasteiger partial charge in [-0.3, -0.25) is 14.4 Å². The van der Waals surface area contributed by atoms with Crippen LogP contribution in [0.2, 0.25) is 0 Å². The molecule has 0 aliphatic carbocycles. The number of hydrazone groups is 1. The van der Waals surface area contributed by atoms with Crippen LogP contribution in [-0.2, 0) is 20.8 Å². The molecule has 0 bridgehead atoms. The molecule has 0 radical (unpaired) electrons. The van der Waals surface area contributed by atoms with Crippen molar-refractivity contribution in [2.24, 2.45) is 5.10 Å². The molecule has 0 unspecified atom stereocenters. The van der Waals surface area contributed by atoms with Gasteiger partial charge in [0.05, 0.1) is 6.42 Å². The Morgan fingerprint density at radius 2 is 1.26 bits per heavy atom. The summed E-state index contributed by atoms with van der Waals surface area (Å²) < 4.78 is 0. The van der Waals surface area contributed by atoms with Crippen molar-refractivity contribution < 1.29 is 14.4 Å². The fraction of sp³-hybridized carbons (Fsp3) is 0.154. The second kappa shape index (κ2) is 12.0. The molecule has 0 heterocycles. The Morgan fingerprint density at radius 3 is 1.91 bits per heavy atom. The lowest BCUT2D eigenvalue weighted by molar-refractivity contribution is -0.136.